The summed E-state index contributed by atoms with van der Waals surface area (Å²) in [5.74, 6) is 2.58. The molecular weight excluding hydrogens is 248 g/mol. The Kier molecular flexibility index (Phi) is 3.47. The van der Waals surface area contributed by atoms with Crippen molar-refractivity contribution in [3.8, 4) is 11.3 Å². The molecule has 20 heavy (non-hydrogen) atoms. The van der Waals surface area contributed by atoms with Crippen LogP contribution in [-0.4, -0.2) is 14.5 Å². The summed E-state index contributed by atoms with van der Waals surface area (Å²) >= 11 is 0. The van der Waals surface area contributed by atoms with Crippen molar-refractivity contribution in [3.63, 3.8) is 0 Å². The highest BCUT2D eigenvalue weighted by atomic mass is 15.1. The Morgan fingerprint density at radius 2 is 2.15 bits per heavy atom. The maximum Gasteiger partial charge on any atom is 0.131 e. The molecule has 0 aliphatic heterocycles. The number of anilines is 1. The van der Waals surface area contributed by atoms with Gasteiger partial charge >= 0.3 is 0 Å². The lowest BCUT2D eigenvalue weighted by Gasteiger charge is -2.08. The van der Waals surface area contributed by atoms with E-state index in [0.29, 0.717) is 5.92 Å². The standard InChI is InChI=1S/C16H22N4/c1-3-4-9-20-15(17)14(19-16(20)12-7-8-12)13-6-5-11(2)18-10-13/h5-6,10,12H,3-4,7-9,17H2,1-2H3. The van der Waals surface area contributed by atoms with Gasteiger partial charge in [0, 0.05) is 29.9 Å². The number of hydrogen-bond donors (Lipinski definition) is 1. The quantitative estimate of drug-likeness (QED) is 0.904. The van der Waals surface area contributed by atoms with Crippen molar-refractivity contribution in [1.29, 1.82) is 0 Å². The fraction of sp³-hybridized carbons (Fsp3) is 0.500. The van der Waals surface area contributed by atoms with Crippen LogP contribution in [0.25, 0.3) is 11.3 Å². The second-order valence-corrected chi connectivity index (χ2v) is 5.67. The average molecular weight is 270 g/mol. The zero-order chi connectivity index (χ0) is 14.1. The summed E-state index contributed by atoms with van der Waals surface area (Å²) in [6, 6.07) is 4.07. The molecule has 2 aromatic heterocycles. The van der Waals surface area contributed by atoms with Gasteiger partial charge in [-0.15, -0.1) is 0 Å². The number of nitrogens with zero attached hydrogens (tertiary/aromatic N) is 3. The molecule has 1 fully saturated rings. The maximum atomic E-state index is 6.35. The van der Waals surface area contributed by atoms with E-state index in [1.54, 1.807) is 0 Å². The second-order valence-electron chi connectivity index (χ2n) is 5.67. The summed E-state index contributed by atoms with van der Waals surface area (Å²) in [7, 11) is 0. The summed E-state index contributed by atoms with van der Waals surface area (Å²) in [6.07, 6.45) is 6.67. The van der Waals surface area contributed by atoms with Crippen LogP contribution in [0.5, 0.6) is 0 Å². The number of rotatable bonds is 5. The van der Waals surface area contributed by atoms with E-state index in [2.05, 4.69) is 22.5 Å². The van der Waals surface area contributed by atoms with Crippen molar-refractivity contribution in [2.24, 2.45) is 0 Å². The molecule has 106 valence electrons. The molecule has 0 bridgehead atoms. The lowest BCUT2D eigenvalue weighted by molar-refractivity contribution is 0.609. The minimum Gasteiger partial charge on any atom is -0.383 e. The second kappa shape index (κ2) is 5.27. The minimum atomic E-state index is 0.612. The molecule has 1 aliphatic carbocycles. The first kappa shape index (κ1) is 13.2. The van der Waals surface area contributed by atoms with E-state index in [9.17, 15) is 0 Å². The Balaban J connectivity index is 2.00. The maximum absolute atomic E-state index is 6.35. The highest BCUT2D eigenvalue weighted by Gasteiger charge is 2.30. The van der Waals surface area contributed by atoms with Crippen molar-refractivity contribution in [1.82, 2.24) is 14.5 Å². The summed E-state index contributed by atoms with van der Waals surface area (Å²) in [5.41, 5.74) is 9.28. The largest absolute Gasteiger partial charge is 0.383 e. The average Bonchev–Trinajstić information content (AvgIpc) is 3.23. The van der Waals surface area contributed by atoms with Crippen LogP contribution < -0.4 is 5.73 Å². The minimum absolute atomic E-state index is 0.612. The van der Waals surface area contributed by atoms with Crippen LogP contribution in [-0.2, 0) is 6.54 Å². The predicted octanol–water partition coefficient (Wildman–Crippen LogP) is 3.51. The fourth-order valence-corrected chi connectivity index (χ4v) is 2.51. The smallest absolute Gasteiger partial charge is 0.131 e. The van der Waals surface area contributed by atoms with Crippen LogP contribution in [0.4, 0.5) is 5.82 Å². The van der Waals surface area contributed by atoms with Gasteiger partial charge in [0.05, 0.1) is 0 Å². The third kappa shape index (κ3) is 2.42. The Bertz CT molecular complexity index is 594. The van der Waals surface area contributed by atoms with Crippen molar-refractivity contribution >= 4 is 5.82 Å². The van der Waals surface area contributed by atoms with Gasteiger partial charge in [-0.2, -0.15) is 0 Å². The number of aromatic nitrogens is 3. The molecule has 0 aromatic carbocycles. The first-order chi connectivity index (χ1) is 9.70. The van der Waals surface area contributed by atoms with Gasteiger partial charge in [0.15, 0.2) is 0 Å². The topological polar surface area (TPSA) is 56.7 Å². The van der Waals surface area contributed by atoms with Gasteiger partial charge in [-0.25, -0.2) is 4.98 Å². The molecule has 4 nitrogen and oxygen atoms in total. The number of pyridine rings is 1. The van der Waals surface area contributed by atoms with Gasteiger partial charge in [-0.3, -0.25) is 4.98 Å². The molecule has 0 unspecified atom stereocenters. The van der Waals surface area contributed by atoms with E-state index in [1.807, 2.05) is 19.2 Å². The molecule has 2 aromatic rings. The van der Waals surface area contributed by atoms with Crippen LogP contribution in [0, 0.1) is 6.92 Å². The molecule has 2 heterocycles. The van der Waals surface area contributed by atoms with Crippen LogP contribution in [0.15, 0.2) is 18.3 Å². The SMILES string of the molecule is CCCCn1c(C2CC2)nc(-c2ccc(C)nc2)c1N. The molecule has 1 saturated carbocycles. The number of unbranched alkanes of at least 4 members (excludes halogenated alkanes) is 1. The monoisotopic (exact) mass is 270 g/mol. The van der Waals surface area contributed by atoms with Crippen LogP contribution in [0.3, 0.4) is 0 Å². The first-order valence-corrected chi connectivity index (χ1v) is 7.49. The van der Waals surface area contributed by atoms with E-state index < -0.39 is 0 Å². The number of nitrogen functional groups attached to an aromatic ring is 1. The summed E-state index contributed by atoms with van der Waals surface area (Å²) in [5, 5.41) is 0. The molecule has 0 radical (unpaired) electrons. The van der Waals surface area contributed by atoms with Crippen molar-refractivity contribution in [3.05, 3.63) is 29.8 Å². The fourth-order valence-electron chi connectivity index (χ4n) is 2.51. The molecule has 1 aliphatic rings. The summed E-state index contributed by atoms with van der Waals surface area (Å²) in [6.45, 7) is 5.16. The van der Waals surface area contributed by atoms with E-state index in [1.165, 1.54) is 25.1 Å². The molecule has 2 N–H and O–H groups in total. The first-order valence-electron chi connectivity index (χ1n) is 7.49. The third-order valence-electron chi connectivity index (χ3n) is 3.90. The molecular formula is C16H22N4. The third-order valence-corrected chi connectivity index (χ3v) is 3.90. The molecule has 4 heteroatoms. The number of hydrogen-bond acceptors (Lipinski definition) is 3. The molecule has 0 saturated heterocycles. The molecule has 0 spiro atoms. The van der Waals surface area contributed by atoms with E-state index in [4.69, 9.17) is 10.7 Å². The zero-order valence-corrected chi connectivity index (χ0v) is 12.3. The Morgan fingerprint density at radius 1 is 1.35 bits per heavy atom. The lowest BCUT2D eigenvalue weighted by Crippen LogP contribution is -2.06. The van der Waals surface area contributed by atoms with E-state index in [0.717, 1.165) is 35.7 Å². The summed E-state index contributed by atoms with van der Waals surface area (Å²) in [4.78, 5) is 9.18. The predicted molar refractivity (Wildman–Crippen MR) is 81.5 cm³/mol. The number of aryl methyl sites for hydroxylation is 1. The normalized spacial score (nSPS) is 14.7. The van der Waals surface area contributed by atoms with Crippen molar-refractivity contribution in [2.45, 2.75) is 52.0 Å². The van der Waals surface area contributed by atoms with E-state index in [-0.39, 0.29) is 0 Å². The molecule has 0 atom stereocenters. The van der Waals surface area contributed by atoms with Crippen LogP contribution in [0.2, 0.25) is 0 Å². The molecule has 0 amide bonds. The Morgan fingerprint density at radius 3 is 2.75 bits per heavy atom. The highest BCUT2D eigenvalue weighted by molar-refractivity contribution is 5.70. The Labute approximate surface area is 120 Å². The van der Waals surface area contributed by atoms with Crippen molar-refractivity contribution in [2.75, 3.05) is 5.73 Å². The van der Waals surface area contributed by atoms with Crippen LogP contribution >= 0.6 is 0 Å². The summed E-state index contributed by atoms with van der Waals surface area (Å²) < 4.78 is 2.22. The highest BCUT2D eigenvalue weighted by Crippen LogP contribution is 2.42. The van der Waals surface area contributed by atoms with Crippen LogP contribution in [0.1, 0.15) is 50.0 Å². The van der Waals surface area contributed by atoms with Gasteiger partial charge in [-0.05, 0) is 38.3 Å². The van der Waals surface area contributed by atoms with Gasteiger partial charge in [0.2, 0.25) is 0 Å². The van der Waals surface area contributed by atoms with Gasteiger partial charge in [-0.1, -0.05) is 13.3 Å². The van der Waals surface area contributed by atoms with Gasteiger partial charge in [0.25, 0.3) is 0 Å². The lowest BCUT2D eigenvalue weighted by atomic mass is 10.2. The van der Waals surface area contributed by atoms with Crippen molar-refractivity contribution < 1.29 is 0 Å². The van der Waals surface area contributed by atoms with Gasteiger partial charge < -0.3 is 10.3 Å². The Hall–Kier alpha value is -1.84. The number of nitrogens with two attached hydrogens (primary N) is 1. The molecule has 3 rings (SSSR count). The number of imidazole rings is 1. The van der Waals surface area contributed by atoms with E-state index >= 15 is 0 Å². The zero-order valence-electron chi connectivity index (χ0n) is 12.3. The van der Waals surface area contributed by atoms with Gasteiger partial charge in [0.1, 0.15) is 17.3 Å².